The zero-order valence-electron chi connectivity index (χ0n) is 11.4. The first kappa shape index (κ1) is 16.5. The van der Waals surface area contributed by atoms with E-state index in [1.54, 1.807) is 18.2 Å². The van der Waals surface area contributed by atoms with Gasteiger partial charge in [0.15, 0.2) is 0 Å². The minimum absolute atomic E-state index is 0.0580. The zero-order chi connectivity index (χ0) is 15.2. The minimum Gasteiger partial charge on any atom is -0.386 e. The fourth-order valence-electron chi connectivity index (χ4n) is 2.17. The van der Waals surface area contributed by atoms with Crippen LogP contribution in [-0.4, -0.2) is 43.4 Å². The molecule has 0 aromatic heterocycles. The van der Waals surface area contributed by atoms with Crippen LogP contribution in [0.5, 0.6) is 0 Å². The summed E-state index contributed by atoms with van der Waals surface area (Å²) in [5, 5.41) is 16.7. The molecule has 0 saturated carbocycles. The third-order valence-electron chi connectivity index (χ3n) is 3.24. The number of benzene rings is 1. The van der Waals surface area contributed by atoms with E-state index in [0.717, 1.165) is 6.54 Å². The Morgan fingerprint density at radius 3 is 2.81 bits per heavy atom. The van der Waals surface area contributed by atoms with Crippen molar-refractivity contribution in [1.29, 1.82) is 0 Å². The van der Waals surface area contributed by atoms with Crippen LogP contribution in [0.15, 0.2) is 18.2 Å². The summed E-state index contributed by atoms with van der Waals surface area (Å²) in [6.07, 6.45) is -0.809. The largest absolute Gasteiger partial charge is 0.386 e. The van der Waals surface area contributed by atoms with E-state index >= 15 is 0 Å². The SMILES string of the molecule is O=C(CC1CNCCO1)NCC(O)c1c(Cl)cccc1Cl. The molecule has 2 unspecified atom stereocenters. The van der Waals surface area contributed by atoms with Gasteiger partial charge in [-0.15, -0.1) is 0 Å². The molecular weight excluding hydrogens is 315 g/mol. The molecule has 0 bridgehead atoms. The number of amides is 1. The number of hydrogen-bond donors (Lipinski definition) is 3. The lowest BCUT2D eigenvalue weighted by Crippen LogP contribution is -2.41. The van der Waals surface area contributed by atoms with Gasteiger partial charge in [-0.25, -0.2) is 0 Å². The summed E-state index contributed by atoms with van der Waals surface area (Å²) in [6.45, 7) is 2.13. The van der Waals surface area contributed by atoms with Crippen LogP contribution >= 0.6 is 23.2 Å². The van der Waals surface area contributed by atoms with E-state index in [0.29, 0.717) is 28.8 Å². The van der Waals surface area contributed by atoms with Crippen LogP contribution in [0.25, 0.3) is 0 Å². The van der Waals surface area contributed by atoms with Gasteiger partial charge in [-0.3, -0.25) is 4.79 Å². The van der Waals surface area contributed by atoms with Crippen molar-refractivity contribution in [3.05, 3.63) is 33.8 Å². The van der Waals surface area contributed by atoms with Crippen LogP contribution in [0.1, 0.15) is 18.1 Å². The van der Waals surface area contributed by atoms with E-state index < -0.39 is 6.10 Å². The van der Waals surface area contributed by atoms with Gasteiger partial charge < -0.3 is 20.5 Å². The zero-order valence-corrected chi connectivity index (χ0v) is 13.0. The molecule has 1 aliphatic rings. The Balaban J connectivity index is 1.83. The van der Waals surface area contributed by atoms with Gasteiger partial charge >= 0.3 is 0 Å². The van der Waals surface area contributed by atoms with Crippen molar-refractivity contribution >= 4 is 29.1 Å². The molecule has 2 rings (SSSR count). The Morgan fingerprint density at radius 2 is 2.19 bits per heavy atom. The van der Waals surface area contributed by atoms with E-state index in [4.69, 9.17) is 27.9 Å². The van der Waals surface area contributed by atoms with E-state index in [1.807, 2.05) is 0 Å². The van der Waals surface area contributed by atoms with Crippen LogP contribution in [-0.2, 0) is 9.53 Å². The molecule has 21 heavy (non-hydrogen) atoms. The van der Waals surface area contributed by atoms with Gasteiger partial charge in [0, 0.05) is 35.2 Å². The third kappa shape index (κ3) is 4.83. The Labute approximate surface area is 133 Å². The highest BCUT2D eigenvalue weighted by Crippen LogP contribution is 2.29. The van der Waals surface area contributed by atoms with E-state index in [9.17, 15) is 9.90 Å². The molecule has 1 amide bonds. The van der Waals surface area contributed by atoms with E-state index in [-0.39, 0.29) is 25.0 Å². The molecule has 1 aromatic rings. The minimum atomic E-state index is -0.944. The second-order valence-electron chi connectivity index (χ2n) is 4.86. The second-order valence-corrected chi connectivity index (χ2v) is 5.67. The van der Waals surface area contributed by atoms with Gasteiger partial charge in [-0.2, -0.15) is 0 Å². The molecule has 3 N–H and O–H groups in total. The molecule has 5 nitrogen and oxygen atoms in total. The average Bonchev–Trinajstić information content (AvgIpc) is 2.46. The van der Waals surface area contributed by atoms with Gasteiger partial charge in [0.1, 0.15) is 0 Å². The molecule has 1 aliphatic heterocycles. The summed E-state index contributed by atoms with van der Waals surface area (Å²) in [4.78, 5) is 11.8. The summed E-state index contributed by atoms with van der Waals surface area (Å²) in [6, 6.07) is 5.00. The summed E-state index contributed by atoms with van der Waals surface area (Å²) in [5.41, 5.74) is 0.428. The van der Waals surface area contributed by atoms with E-state index in [1.165, 1.54) is 0 Å². The normalized spacial score (nSPS) is 20.0. The van der Waals surface area contributed by atoms with Crippen molar-refractivity contribution in [2.75, 3.05) is 26.2 Å². The van der Waals surface area contributed by atoms with Gasteiger partial charge in [-0.05, 0) is 12.1 Å². The number of nitrogens with one attached hydrogen (secondary N) is 2. The van der Waals surface area contributed by atoms with Gasteiger partial charge in [0.05, 0.1) is 25.2 Å². The molecule has 7 heteroatoms. The maximum Gasteiger partial charge on any atom is 0.222 e. The standard InChI is InChI=1S/C14H18Cl2N2O3/c15-10-2-1-3-11(16)14(10)12(19)8-18-13(20)6-9-7-17-4-5-21-9/h1-3,9,12,17,19H,4-8H2,(H,18,20). The Morgan fingerprint density at radius 1 is 1.48 bits per heavy atom. The highest BCUT2D eigenvalue weighted by atomic mass is 35.5. The maximum atomic E-state index is 11.8. The van der Waals surface area contributed by atoms with Gasteiger partial charge in [-0.1, -0.05) is 29.3 Å². The lowest BCUT2D eigenvalue weighted by atomic mass is 10.1. The van der Waals surface area contributed by atoms with Crippen molar-refractivity contribution in [2.24, 2.45) is 0 Å². The smallest absolute Gasteiger partial charge is 0.222 e. The molecule has 116 valence electrons. The summed E-state index contributed by atoms with van der Waals surface area (Å²) >= 11 is 12.0. The molecule has 1 fully saturated rings. The number of hydrogen-bond acceptors (Lipinski definition) is 4. The molecule has 1 aromatic carbocycles. The molecule has 1 heterocycles. The first-order valence-electron chi connectivity index (χ1n) is 6.79. The van der Waals surface area contributed by atoms with Crippen molar-refractivity contribution in [1.82, 2.24) is 10.6 Å². The maximum absolute atomic E-state index is 11.8. The number of aliphatic hydroxyl groups excluding tert-OH is 1. The Kier molecular flexibility index (Phi) is 6.26. The van der Waals surface area contributed by atoms with E-state index in [2.05, 4.69) is 10.6 Å². The number of carbonyl (C=O) groups is 1. The van der Waals surface area contributed by atoms with Crippen LogP contribution in [0.2, 0.25) is 10.0 Å². The first-order valence-corrected chi connectivity index (χ1v) is 7.54. The van der Waals surface area contributed by atoms with Crippen LogP contribution in [0, 0.1) is 0 Å². The van der Waals surface area contributed by atoms with Crippen molar-refractivity contribution in [3.8, 4) is 0 Å². The number of aliphatic hydroxyl groups is 1. The molecule has 0 radical (unpaired) electrons. The monoisotopic (exact) mass is 332 g/mol. The Bertz CT molecular complexity index is 473. The van der Waals surface area contributed by atoms with Crippen LogP contribution in [0.3, 0.4) is 0 Å². The molecular formula is C14H18Cl2N2O3. The summed E-state index contributed by atoms with van der Waals surface area (Å²) in [5.74, 6) is -0.175. The van der Waals surface area contributed by atoms with Crippen LogP contribution < -0.4 is 10.6 Å². The lowest BCUT2D eigenvalue weighted by molar-refractivity contribution is -0.124. The molecule has 0 aliphatic carbocycles. The van der Waals surface area contributed by atoms with Crippen molar-refractivity contribution in [3.63, 3.8) is 0 Å². The predicted octanol–water partition coefficient (Wildman–Crippen LogP) is 1.52. The predicted molar refractivity (Wildman–Crippen MR) is 81.7 cm³/mol. The lowest BCUT2D eigenvalue weighted by Gasteiger charge is -2.23. The van der Waals surface area contributed by atoms with Crippen LogP contribution in [0.4, 0.5) is 0 Å². The summed E-state index contributed by atoms with van der Waals surface area (Å²) in [7, 11) is 0. The van der Waals surface area contributed by atoms with Gasteiger partial charge in [0.25, 0.3) is 0 Å². The fraction of sp³-hybridized carbons (Fsp3) is 0.500. The highest BCUT2D eigenvalue weighted by molar-refractivity contribution is 6.36. The Hall–Kier alpha value is -0.850. The molecule has 1 saturated heterocycles. The number of rotatable bonds is 5. The number of halogens is 2. The highest BCUT2D eigenvalue weighted by Gasteiger charge is 2.19. The average molecular weight is 333 g/mol. The summed E-state index contributed by atoms with van der Waals surface area (Å²) < 4.78 is 5.45. The number of carbonyl (C=O) groups excluding carboxylic acids is 1. The number of morpholine rings is 1. The van der Waals surface area contributed by atoms with Crippen molar-refractivity contribution < 1.29 is 14.6 Å². The molecule has 2 atom stereocenters. The van der Waals surface area contributed by atoms with Gasteiger partial charge in [0.2, 0.25) is 5.91 Å². The second kappa shape index (κ2) is 7.96. The fourth-order valence-corrected chi connectivity index (χ4v) is 2.82. The van der Waals surface area contributed by atoms with Crippen molar-refractivity contribution in [2.45, 2.75) is 18.6 Å². The quantitative estimate of drug-likeness (QED) is 0.764. The third-order valence-corrected chi connectivity index (χ3v) is 3.90. The first-order chi connectivity index (χ1) is 10.1. The number of ether oxygens (including phenoxy) is 1. The molecule has 0 spiro atoms. The topological polar surface area (TPSA) is 70.6 Å².